The van der Waals surface area contributed by atoms with Gasteiger partial charge in [-0.1, -0.05) is 29.3 Å². The second kappa shape index (κ2) is 7.87. The summed E-state index contributed by atoms with van der Waals surface area (Å²) in [5.41, 5.74) is 1.43. The van der Waals surface area contributed by atoms with Gasteiger partial charge in [0.2, 0.25) is 0 Å². The number of methoxy groups -OCH3 is 1. The van der Waals surface area contributed by atoms with Gasteiger partial charge < -0.3 is 4.74 Å². The summed E-state index contributed by atoms with van der Waals surface area (Å²) in [6.07, 6.45) is 2.33. The summed E-state index contributed by atoms with van der Waals surface area (Å²) in [6.45, 7) is 0. The predicted octanol–water partition coefficient (Wildman–Crippen LogP) is 5.30. The van der Waals surface area contributed by atoms with Crippen LogP contribution in [0.25, 0.3) is 0 Å². The Bertz CT molecular complexity index is 912. The summed E-state index contributed by atoms with van der Waals surface area (Å²) >= 11 is 13.6. The third-order valence-electron chi connectivity index (χ3n) is 3.48. The van der Waals surface area contributed by atoms with Gasteiger partial charge in [-0.05, 0) is 42.0 Å². The van der Waals surface area contributed by atoms with Gasteiger partial charge in [0.15, 0.2) is 5.13 Å². The first-order valence-electron chi connectivity index (χ1n) is 7.39. The monoisotopic (exact) mass is 392 g/mol. The van der Waals surface area contributed by atoms with Crippen LogP contribution in [0.1, 0.15) is 20.8 Å². The average molecular weight is 393 g/mol. The van der Waals surface area contributed by atoms with Crippen LogP contribution in [0.2, 0.25) is 10.0 Å². The Morgan fingerprint density at radius 2 is 2.08 bits per heavy atom. The Hall–Kier alpha value is -2.08. The Kier molecular flexibility index (Phi) is 5.58. The molecule has 1 heterocycles. The molecule has 3 aromatic rings. The number of anilines is 1. The molecule has 7 heteroatoms. The molecule has 0 fully saturated rings. The number of nitrogens with one attached hydrogen (secondary N) is 1. The topological polar surface area (TPSA) is 51.2 Å². The first-order chi connectivity index (χ1) is 12.0. The molecule has 1 aromatic heterocycles. The van der Waals surface area contributed by atoms with Gasteiger partial charge in [0.1, 0.15) is 5.75 Å². The highest BCUT2D eigenvalue weighted by atomic mass is 35.5. The van der Waals surface area contributed by atoms with Crippen LogP contribution in [-0.4, -0.2) is 18.0 Å². The minimum absolute atomic E-state index is 0.236. The van der Waals surface area contributed by atoms with Crippen LogP contribution in [0, 0.1) is 0 Å². The van der Waals surface area contributed by atoms with Crippen LogP contribution >= 0.6 is 34.5 Å². The number of halogens is 2. The van der Waals surface area contributed by atoms with Crippen LogP contribution in [0.5, 0.6) is 5.75 Å². The number of ether oxygens (including phenoxy) is 1. The van der Waals surface area contributed by atoms with E-state index < -0.39 is 0 Å². The number of hydrogen-bond donors (Lipinski definition) is 1. The molecule has 3 rings (SSSR count). The molecule has 0 unspecified atom stereocenters. The minimum atomic E-state index is -0.236. The van der Waals surface area contributed by atoms with Crippen LogP contribution in [0.4, 0.5) is 5.13 Å². The van der Waals surface area contributed by atoms with E-state index in [0.717, 1.165) is 10.4 Å². The van der Waals surface area contributed by atoms with Gasteiger partial charge in [0.25, 0.3) is 5.91 Å². The molecule has 128 valence electrons. The molecule has 1 N–H and O–H groups in total. The zero-order chi connectivity index (χ0) is 17.8. The summed E-state index contributed by atoms with van der Waals surface area (Å²) < 4.78 is 5.13. The van der Waals surface area contributed by atoms with Crippen LogP contribution in [0.15, 0.2) is 48.7 Å². The fourth-order valence-corrected chi connectivity index (χ4v) is 3.46. The molecule has 0 aliphatic heterocycles. The molecule has 0 atom stereocenters. The lowest BCUT2D eigenvalue weighted by Crippen LogP contribution is -2.11. The lowest BCUT2D eigenvalue weighted by Gasteiger charge is -2.04. The summed E-state index contributed by atoms with van der Waals surface area (Å²) in [6, 6.07) is 12.3. The molecule has 0 bridgehead atoms. The molecule has 0 aliphatic rings. The van der Waals surface area contributed by atoms with Crippen molar-refractivity contribution in [1.29, 1.82) is 0 Å². The second-order valence-corrected chi connectivity index (χ2v) is 7.19. The van der Waals surface area contributed by atoms with Crippen molar-refractivity contribution in [2.45, 2.75) is 6.42 Å². The van der Waals surface area contributed by atoms with Crippen molar-refractivity contribution in [3.63, 3.8) is 0 Å². The zero-order valence-corrected chi connectivity index (χ0v) is 15.6. The number of hydrogen-bond acceptors (Lipinski definition) is 4. The number of benzene rings is 2. The molecular formula is C18H14Cl2N2O2S. The highest BCUT2D eigenvalue weighted by Gasteiger charge is 2.11. The van der Waals surface area contributed by atoms with E-state index in [9.17, 15) is 4.79 Å². The van der Waals surface area contributed by atoms with Gasteiger partial charge in [-0.25, -0.2) is 4.98 Å². The average Bonchev–Trinajstić information content (AvgIpc) is 3.05. The smallest absolute Gasteiger partial charge is 0.257 e. The third-order valence-corrected chi connectivity index (χ3v) is 4.99. The number of nitrogens with zero attached hydrogens (tertiary/aromatic N) is 1. The van der Waals surface area contributed by atoms with Crippen molar-refractivity contribution in [2.75, 3.05) is 12.4 Å². The van der Waals surface area contributed by atoms with Gasteiger partial charge in [0.05, 0.1) is 7.11 Å². The molecule has 1 amide bonds. The summed E-state index contributed by atoms with van der Waals surface area (Å²) in [5, 5.41) is 4.61. The van der Waals surface area contributed by atoms with Crippen molar-refractivity contribution < 1.29 is 9.53 Å². The summed E-state index contributed by atoms with van der Waals surface area (Å²) in [5.74, 6) is 0.392. The highest BCUT2D eigenvalue weighted by molar-refractivity contribution is 7.15. The van der Waals surface area contributed by atoms with Crippen LogP contribution in [-0.2, 0) is 6.42 Å². The van der Waals surface area contributed by atoms with Crippen LogP contribution < -0.4 is 10.1 Å². The number of rotatable bonds is 5. The molecule has 25 heavy (non-hydrogen) atoms. The van der Waals surface area contributed by atoms with E-state index in [0.29, 0.717) is 32.9 Å². The third kappa shape index (κ3) is 4.51. The largest absolute Gasteiger partial charge is 0.497 e. The first kappa shape index (κ1) is 17.7. The highest BCUT2D eigenvalue weighted by Crippen LogP contribution is 2.27. The number of carbonyl (C=O) groups is 1. The standard InChI is InChI=1S/C18H14Cl2N2O2S/c1-24-14-4-2-3-11(8-14)17(23)22-18-21-10-15(25-18)9-12-7-13(19)5-6-16(12)20/h2-8,10H,9H2,1H3,(H,21,22,23). The van der Waals surface area contributed by atoms with E-state index in [2.05, 4.69) is 10.3 Å². The summed E-state index contributed by atoms with van der Waals surface area (Å²) in [7, 11) is 1.56. The second-order valence-electron chi connectivity index (χ2n) is 5.23. The van der Waals surface area contributed by atoms with Crippen molar-refractivity contribution in [3.05, 3.63) is 74.7 Å². The maximum absolute atomic E-state index is 12.3. The summed E-state index contributed by atoms with van der Waals surface area (Å²) in [4.78, 5) is 17.5. The Morgan fingerprint density at radius 1 is 1.24 bits per heavy atom. The maximum Gasteiger partial charge on any atom is 0.257 e. The van der Waals surface area contributed by atoms with E-state index in [1.54, 1.807) is 49.7 Å². The van der Waals surface area contributed by atoms with Crippen molar-refractivity contribution in [2.24, 2.45) is 0 Å². The predicted molar refractivity (Wildman–Crippen MR) is 102 cm³/mol. The van der Waals surface area contributed by atoms with E-state index >= 15 is 0 Å². The van der Waals surface area contributed by atoms with Gasteiger partial charge in [-0.2, -0.15) is 0 Å². The van der Waals surface area contributed by atoms with Gasteiger partial charge in [-0.15, -0.1) is 11.3 Å². The van der Waals surface area contributed by atoms with Gasteiger partial charge in [-0.3, -0.25) is 10.1 Å². The van der Waals surface area contributed by atoms with E-state index in [1.807, 2.05) is 6.07 Å². The van der Waals surface area contributed by atoms with Crippen molar-refractivity contribution in [1.82, 2.24) is 4.98 Å². The molecular weight excluding hydrogens is 379 g/mol. The number of aromatic nitrogens is 1. The fourth-order valence-electron chi connectivity index (χ4n) is 2.25. The van der Waals surface area contributed by atoms with Crippen LogP contribution in [0.3, 0.4) is 0 Å². The molecule has 4 nitrogen and oxygen atoms in total. The van der Waals surface area contributed by atoms with Gasteiger partial charge in [0, 0.05) is 33.1 Å². The van der Waals surface area contributed by atoms with E-state index in [4.69, 9.17) is 27.9 Å². The minimum Gasteiger partial charge on any atom is -0.497 e. The molecule has 2 aromatic carbocycles. The quantitative estimate of drug-likeness (QED) is 0.640. The molecule has 0 spiro atoms. The lowest BCUT2D eigenvalue weighted by atomic mass is 10.1. The Labute approximate surface area is 159 Å². The molecule has 0 radical (unpaired) electrons. The SMILES string of the molecule is COc1cccc(C(=O)Nc2ncc(Cc3cc(Cl)ccc3Cl)s2)c1. The van der Waals surface area contributed by atoms with Crippen molar-refractivity contribution >= 4 is 45.6 Å². The maximum atomic E-state index is 12.3. The fraction of sp³-hybridized carbons (Fsp3) is 0.111. The zero-order valence-electron chi connectivity index (χ0n) is 13.3. The number of carbonyl (C=O) groups excluding carboxylic acids is 1. The Morgan fingerprint density at radius 3 is 2.88 bits per heavy atom. The lowest BCUT2D eigenvalue weighted by molar-refractivity contribution is 0.102. The normalized spacial score (nSPS) is 10.5. The molecule has 0 aliphatic carbocycles. The van der Waals surface area contributed by atoms with Crippen molar-refractivity contribution in [3.8, 4) is 5.75 Å². The van der Waals surface area contributed by atoms with Gasteiger partial charge >= 0.3 is 0 Å². The first-order valence-corrected chi connectivity index (χ1v) is 8.96. The molecule has 0 saturated heterocycles. The van der Waals surface area contributed by atoms with E-state index in [-0.39, 0.29) is 5.91 Å². The molecule has 0 saturated carbocycles. The number of amides is 1. The van der Waals surface area contributed by atoms with E-state index in [1.165, 1.54) is 11.3 Å². The Balaban J connectivity index is 1.71. The number of thiazole rings is 1.